The van der Waals surface area contributed by atoms with Crippen molar-refractivity contribution in [2.75, 3.05) is 6.54 Å². The van der Waals surface area contributed by atoms with E-state index in [-0.39, 0.29) is 11.7 Å². The Morgan fingerprint density at radius 2 is 2.07 bits per heavy atom. The van der Waals surface area contributed by atoms with Crippen LogP contribution in [0.4, 0.5) is 4.39 Å². The fraction of sp³-hybridized carbons (Fsp3) is 0.250. The minimum atomic E-state index is -0.348. The van der Waals surface area contributed by atoms with Crippen LogP contribution in [-0.4, -0.2) is 12.5 Å². The number of unbranched alkanes of at least 4 members (excludes halogenated alkanes) is 1. The zero-order valence-corrected chi connectivity index (χ0v) is 8.29. The number of nitrogens with one attached hydrogen (secondary N) is 1. The van der Waals surface area contributed by atoms with Crippen LogP contribution in [-0.2, 0) is 0 Å². The second-order valence-corrected chi connectivity index (χ2v) is 3.07. The number of carbonyl (C=O) groups excluding carboxylic acids is 1. The lowest BCUT2D eigenvalue weighted by Crippen LogP contribution is -2.24. The van der Waals surface area contributed by atoms with E-state index in [0.717, 1.165) is 6.42 Å². The van der Waals surface area contributed by atoms with Gasteiger partial charge in [-0.3, -0.25) is 4.79 Å². The van der Waals surface area contributed by atoms with Crippen LogP contribution in [0.1, 0.15) is 23.2 Å². The van der Waals surface area contributed by atoms with Gasteiger partial charge in [-0.25, -0.2) is 4.39 Å². The maximum Gasteiger partial charge on any atom is 0.251 e. The maximum atomic E-state index is 12.5. The Morgan fingerprint density at radius 1 is 1.40 bits per heavy atom. The Hall–Kier alpha value is -1.82. The Balaban J connectivity index is 2.41. The molecule has 0 radical (unpaired) electrons. The first-order valence-corrected chi connectivity index (χ1v) is 4.71. The molecule has 15 heavy (non-hydrogen) atoms. The number of carbonyl (C=O) groups is 1. The highest BCUT2D eigenvalue weighted by Gasteiger charge is 2.03. The van der Waals surface area contributed by atoms with Crippen LogP contribution in [0.2, 0.25) is 0 Å². The zero-order chi connectivity index (χ0) is 11.1. The molecule has 78 valence electrons. The molecule has 1 N–H and O–H groups in total. The first-order chi connectivity index (χ1) is 7.24. The summed E-state index contributed by atoms with van der Waals surface area (Å²) < 4.78 is 12.5. The third-order valence-corrected chi connectivity index (χ3v) is 1.89. The van der Waals surface area contributed by atoms with Crippen molar-refractivity contribution in [1.82, 2.24) is 5.32 Å². The lowest BCUT2D eigenvalue weighted by molar-refractivity contribution is 0.0953. The SMILES string of the molecule is C#CCCCNC(=O)c1ccc(F)cc1. The van der Waals surface area contributed by atoms with E-state index >= 15 is 0 Å². The lowest BCUT2D eigenvalue weighted by Gasteiger charge is -2.03. The van der Waals surface area contributed by atoms with Gasteiger partial charge < -0.3 is 5.32 Å². The van der Waals surface area contributed by atoms with Crippen molar-refractivity contribution in [3.05, 3.63) is 35.6 Å². The maximum absolute atomic E-state index is 12.5. The van der Waals surface area contributed by atoms with Gasteiger partial charge in [0.2, 0.25) is 0 Å². The van der Waals surface area contributed by atoms with Crippen LogP contribution in [0.25, 0.3) is 0 Å². The van der Waals surface area contributed by atoms with Crippen LogP contribution in [0.5, 0.6) is 0 Å². The summed E-state index contributed by atoms with van der Waals surface area (Å²) >= 11 is 0. The zero-order valence-electron chi connectivity index (χ0n) is 8.29. The van der Waals surface area contributed by atoms with Gasteiger partial charge in [0, 0.05) is 18.5 Å². The van der Waals surface area contributed by atoms with Crippen molar-refractivity contribution in [2.45, 2.75) is 12.8 Å². The molecule has 3 heteroatoms. The van der Waals surface area contributed by atoms with Crippen LogP contribution in [0.3, 0.4) is 0 Å². The van der Waals surface area contributed by atoms with Crippen LogP contribution >= 0.6 is 0 Å². The van der Waals surface area contributed by atoms with Crippen LogP contribution < -0.4 is 5.32 Å². The highest BCUT2D eigenvalue weighted by molar-refractivity contribution is 5.94. The number of rotatable bonds is 4. The molecule has 1 rings (SSSR count). The molecular weight excluding hydrogens is 193 g/mol. The van der Waals surface area contributed by atoms with E-state index in [2.05, 4.69) is 11.2 Å². The topological polar surface area (TPSA) is 29.1 Å². The van der Waals surface area contributed by atoms with Gasteiger partial charge in [0.15, 0.2) is 0 Å². The third kappa shape index (κ3) is 3.82. The largest absolute Gasteiger partial charge is 0.352 e. The monoisotopic (exact) mass is 205 g/mol. The molecule has 0 saturated heterocycles. The highest BCUT2D eigenvalue weighted by atomic mass is 19.1. The average molecular weight is 205 g/mol. The molecule has 0 spiro atoms. The minimum Gasteiger partial charge on any atom is -0.352 e. The van der Waals surface area contributed by atoms with Crippen LogP contribution in [0.15, 0.2) is 24.3 Å². The second-order valence-electron chi connectivity index (χ2n) is 3.07. The van der Waals surface area contributed by atoms with Crippen molar-refractivity contribution in [3.8, 4) is 12.3 Å². The van der Waals surface area contributed by atoms with Gasteiger partial charge in [-0.2, -0.15) is 0 Å². The number of benzene rings is 1. The normalized spacial score (nSPS) is 9.33. The van der Waals surface area contributed by atoms with Crippen molar-refractivity contribution in [2.24, 2.45) is 0 Å². The number of halogens is 1. The summed E-state index contributed by atoms with van der Waals surface area (Å²) in [4.78, 5) is 11.4. The molecule has 0 fully saturated rings. The molecule has 0 heterocycles. The lowest BCUT2D eigenvalue weighted by atomic mass is 10.2. The van der Waals surface area contributed by atoms with E-state index in [9.17, 15) is 9.18 Å². The van der Waals surface area contributed by atoms with E-state index in [4.69, 9.17) is 6.42 Å². The molecular formula is C12H12FNO. The molecule has 1 amide bonds. The fourth-order valence-corrected chi connectivity index (χ4v) is 1.10. The first kappa shape index (κ1) is 11.3. The summed E-state index contributed by atoms with van der Waals surface area (Å²) in [6.45, 7) is 0.542. The number of hydrogen-bond donors (Lipinski definition) is 1. The molecule has 0 aromatic heterocycles. The van der Waals surface area contributed by atoms with Crippen LogP contribution in [0, 0.1) is 18.2 Å². The van der Waals surface area contributed by atoms with Crippen molar-refractivity contribution in [3.63, 3.8) is 0 Å². The number of terminal acetylenes is 1. The third-order valence-electron chi connectivity index (χ3n) is 1.89. The molecule has 1 aromatic carbocycles. The predicted molar refractivity (Wildman–Crippen MR) is 56.8 cm³/mol. The Bertz CT molecular complexity index is 364. The standard InChI is InChI=1S/C12H12FNO/c1-2-3-4-9-14-12(15)10-5-7-11(13)8-6-10/h1,5-8H,3-4,9H2,(H,14,15). The molecule has 1 aromatic rings. The van der Waals surface area contributed by atoms with Gasteiger partial charge in [-0.1, -0.05) is 0 Å². The van der Waals surface area contributed by atoms with E-state index in [0.29, 0.717) is 18.5 Å². The highest BCUT2D eigenvalue weighted by Crippen LogP contribution is 2.02. The molecule has 0 aliphatic carbocycles. The first-order valence-electron chi connectivity index (χ1n) is 4.71. The molecule has 0 saturated carbocycles. The summed E-state index contributed by atoms with van der Waals surface area (Å²) in [5, 5.41) is 2.70. The summed E-state index contributed by atoms with van der Waals surface area (Å²) in [6.07, 6.45) is 6.46. The van der Waals surface area contributed by atoms with Crippen molar-refractivity contribution in [1.29, 1.82) is 0 Å². The minimum absolute atomic E-state index is 0.202. The average Bonchev–Trinajstić information content (AvgIpc) is 2.25. The molecule has 0 aliphatic rings. The van der Waals surface area contributed by atoms with E-state index in [1.54, 1.807) is 0 Å². The summed E-state index contributed by atoms with van der Waals surface area (Å²) in [5.41, 5.74) is 0.456. The van der Waals surface area contributed by atoms with Gasteiger partial charge in [0.25, 0.3) is 5.91 Å². The fourth-order valence-electron chi connectivity index (χ4n) is 1.10. The molecule has 0 atom stereocenters. The van der Waals surface area contributed by atoms with E-state index in [1.165, 1.54) is 24.3 Å². The van der Waals surface area contributed by atoms with Crippen molar-refractivity contribution < 1.29 is 9.18 Å². The molecule has 2 nitrogen and oxygen atoms in total. The predicted octanol–water partition coefficient (Wildman–Crippen LogP) is 1.97. The summed E-state index contributed by atoms with van der Waals surface area (Å²) in [5.74, 6) is 1.94. The second kappa shape index (κ2) is 5.82. The van der Waals surface area contributed by atoms with Gasteiger partial charge >= 0.3 is 0 Å². The summed E-state index contributed by atoms with van der Waals surface area (Å²) in [7, 11) is 0. The van der Waals surface area contributed by atoms with Gasteiger partial charge in [0.1, 0.15) is 5.82 Å². The van der Waals surface area contributed by atoms with E-state index < -0.39 is 0 Å². The van der Waals surface area contributed by atoms with Gasteiger partial charge in [-0.05, 0) is 30.7 Å². The Kier molecular flexibility index (Phi) is 4.36. The summed E-state index contributed by atoms with van der Waals surface area (Å²) in [6, 6.07) is 5.42. The van der Waals surface area contributed by atoms with Gasteiger partial charge in [0.05, 0.1) is 0 Å². The number of amides is 1. The van der Waals surface area contributed by atoms with Crippen molar-refractivity contribution >= 4 is 5.91 Å². The Morgan fingerprint density at radius 3 is 2.67 bits per heavy atom. The Labute approximate surface area is 88.5 Å². The molecule has 0 aliphatic heterocycles. The quantitative estimate of drug-likeness (QED) is 0.591. The number of hydrogen-bond acceptors (Lipinski definition) is 1. The molecule has 0 unspecified atom stereocenters. The molecule has 0 bridgehead atoms. The smallest absolute Gasteiger partial charge is 0.251 e. The van der Waals surface area contributed by atoms with Gasteiger partial charge in [-0.15, -0.1) is 12.3 Å². The van der Waals surface area contributed by atoms with E-state index in [1.807, 2.05) is 0 Å².